The number of nitrogens with one attached hydrogen (secondary N) is 2. The van der Waals surface area contributed by atoms with Gasteiger partial charge in [-0.05, 0) is 49.6 Å². The highest BCUT2D eigenvalue weighted by molar-refractivity contribution is 7.14. The number of nitrogens with zero attached hydrogens (tertiary/aromatic N) is 2. The van der Waals surface area contributed by atoms with E-state index in [2.05, 4.69) is 15.8 Å². The topological polar surface area (TPSA) is 108 Å². The molecule has 1 aromatic heterocycles. The van der Waals surface area contributed by atoms with Crippen molar-refractivity contribution in [1.82, 2.24) is 5.43 Å². The molecule has 2 aromatic rings. The highest BCUT2D eigenvalue weighted by atomic mass is 32.1. The minimum absolute atomic E-state index is 0.200. The first-order chi connectivity index (χ1) is 13.4. The standard InChI is InChI=1S/C19H18N4O4S/c1-11(2)21-22-18(27)14-9-10-28-19(14)20-17(26)12-3-5-13(6-4-12)23-15(24)7-8-16(23)25/h3-6,9-10H,7-8H2,1-2H3,(H,20,26)(H,22,27). The Bertz CT molecular complexity index is 958. The van der Waals surface area contributed by atoms with Gasteiger partial charge in [0.1, 0.15) is 5.00 Å². The summed E-state index contributed by atoms with van der Waals surface area (Å²) in [5.74, 6) is -1.32. The molecule has 2 N–H and O–H groups in total. The van der Waals surface area contributed by atoms with Crippen LogP contribution < -0.4 is 15.6 Å². The normalized spacial score (nSPS) is 13.4. The summed E-state index contributed by atoms with van der Waals surface area (Å²) < 4.78 is 0. The van der Waals surface area contributed by atoms with E-state index < -0.39 is 11.8 Å². The molecule has 0 bridgehead atoms. The lowest BCUT2D eigenvalue weighted by Gasteiger charge is -2.14. The number of carbonyl (C=O) groups is 4. The van der Waals surface area contributed by atoms with Gasteiger partial charge in [-0.25, -0.2) is 5.43 Å². The lowest BCUT2D eigenvalue weighted by atomic mass is 10.2. The van der Waals surface area contributed by atoms with Gasteiger partial charge in [0.05, 0.1) is 11.3 Å². The Hall–Kier alpha value is -3.33. The van der Waals surface area contributed by atoms with Crippen LogP contribution in [-0.4, -0.2) is 29.3 Å². The van der Waals surface area contributed by atoms with Crippen LogP contribution in [0.1, 0.15) is 47.4 Å². The van der Waals surface area contributed by atoms with Crippen molar-refractivity contribution in [2.45, 2.75) is 26.7 Å². The van der Waals surface area contributed by atoms with Crippen LogP contribution in [-0.2, 0) is 9.59 Å². The quantitative estimate of drug-likeness (QED) is 0.459. The SMILES string of the molecule is CC(C)=NNC(=O)c1ccsc1NC(=O)c1ccc(N2C(=O)CCC2=O)cc1. The number of amides is 4. The van der Waals surface area contributed by atoms with Gasteiger partial charge in [0, 0.05) is 24.1 Å². The van der Waals surface area contributed by atoms with E-state index >= 15 is 0 Å². The molecule has 4 amide bonds. The smallest absolute Gasteiger partial charge is 0.274 e. The fourth-order valence-electron chi connectivity index (χ4n) is 2.61. The fourth-order valence-corrected chi connectivity index (χ4v) is 3.39. The van der Waals surface area contributed by atoms with Crippen molar-refractivity contribution in [3.8, 4) is 0 Å². The molecule has 0 radical (unpaired) electrons. The van der Waals surface area contributed by atoms with Crippen molar-refractivity contribution < 1.29 is 19.2 Å². The number of imide groups is 1. The molecule has 1 aromatic carbocycles. The predicted octanol–water partition coefficient (Wildman–Crippen LogP) is 2.78. The third-order valence-electron chi connectivity index (χ3n) is 3.96. The number of hydrogen-bond donors (Lipinski definition) is 2. The molecule has 9 heteroatoms. The molecule has 0 aliphatic carbocycles. The lowest BCUT2D eigenvalue weighted by molar-refractivity contribution is -0.121. The molecule has 0 saturated carbocycles. The van der Waals surface area contributed by atoms with Crippen molar-refractivity contribution in [1.29, 1.82) is 0 Å². The first-order valence-electron chi connectivity index (χ1n) is 8.52. The highest BCUT2D eigenvalue weighted by Gasteiger charge is 2.30. The average Bonchev–Trinajstić information content (AvgIpc) is 3.26. The van der Waals surface area contributed by atoms with E-state index in [-0.39, 0.29) is 24.7 Å². The van der Waals surface area contributed by atoms with Gasteiger partial charge in [-0.3, -0.25) is 24.1 Å². The Balaban J connectivity index is 1.71. The summed E-state index contributed by atoms with van der Waals surface area (Å²) in [5, 5.41) is 8.67. The van der Waals surface area contributed by atoms with Crippen LogP contribution in [0.15, 0.2) is 40.8 Å². The zero-order valence-electron chi connectivity index (χ0n) is 15.3. The summed E-state index contributed by atoms with van der Waals surface area (Å²) in [6, 6.07) is 7.76. The number of anilines is 2. The number of benzene rings is 1. The van der Waals surface area contributed by atoms with Gasteiger partial charge in [-0.1, -0.05) is 0 Å². The molecule has 0 unspecified atom stereocenters. The van der Waals surface area contributed by atoms with E-state index in [9.17, 15) is 19.2 Å². The van der Waals surface area contributed by atoms with Gasteiger partial charge in [0.15, 0.2) is 0 Å². The molecule has 1 aliphatic heterocycles. The van der Waals surface area contributed by atoms with E-state index in [0.29, 0.717) is 27.5 Å². The fraction of sp³-hybridized carbons (Fsp3) is 0.211. The van der Waals surface area contributed by atoms with E-state index in [1.165, 1.54) is 23.5 Å². The minimum Gasteiger partial charge on any atom is -0.313 e. The summed E-state index contributed by atoms with van der Waals surface area (Å²) >= 11 is 1.22. The average molecular weight is 398 g/mol. The van der Waals surface area contributed by atoms with Crippen LogP contribution in [0.4, 0.5) is 10.7 Å². The van der Waals surface area contributed by atoms with Gasteiger partial charge in [-0.2, -0.15) is 5.10 Å². The van der Waals surface area contributed by atoms with Gasteiger partial charge in [0.25, 0.3) is 11.8 Å². The van der Waals surface area contributed by atoms with Crippen LogP contribution in [0.5, 0.6) is 0 Å². The second kappa shape index (κ2) is 8.13. The number of hydrazone groups is 1. The molecule has 2 heterocycles. The Kier molecular flexibility index (Phi) is 5.65. The molecule has 1 fully saturated rings. The zero-order valence-corrected chi connectivity index (χ0v) is 16.1. The van der Waals surface area contributed by atoms with Crippen LogP contribution >= 0.6 is 11.3 Å². The van der Waals surface area contributed by atoms with E-state index in [1.54, 1.807) is 37.4 Å². The Labute approximate surface area is 165 Å². The minimum atomic E-state index is -0.417. The summed E-state index contributed by atoms with van der Waals surface area (Å²) in [5.41, 5.74) is 4.21. The summed E-state index contributed by atoms with van der Waals surface area (Å²) in [6.07, 6.45) is 0.401. The summed E-state index contributed by atoms with van der Waals surface area (Å²) in [6.45, 7) is 3.51. The molecule has 3 rings (SSSR count). The largest absolute Gasteiger partial charge is 0.313 e. The Morgan fingerprint density at radius 2 is 1.64 bits per heavy atom. The van der Waals surface area contributed by atoms with Crippen molar-refractivity contribution in [3.63, 3.8) is 0 Å². The number of thiophene rings is 1. The maximum Gasteiger partial charge on any atom is 0.274 e. The van der Waals surface area contributed by atoms with E-state index in [4.69, 9.17) is 0 Å². The molecule has 1 aliphatic rings. The van der Waals surface area contributed by atoms with Crippen molar-refractivity contribution in [3.05, 3.63) is 46.8 Å². The third-order valence-corrected chi connectivity index (χ3v) is 4.79. The van der Waals surface area contributed by atoms with Gasteiger partial charge in [-0.15, -0.1) is 11.3 Å². The van der Waals surface area contributed by atoms with Crippen LogP contribution in [0.25, 0.3) is 0 Å². The van der Waals surface area contributed by atoms with Crippen molar-refractivity contribution in [2.24, 2.45) is 5.10 Å². The number of carbonyl (C=O) groups excluding carboxylic acids is 4. The zero-order chi connectivity index (χ0) is 20.3. The summed E-state index contributed by atoms with van der Waals surface area (Å²) in [7, 11) is 0. The second-order valence-corrected chi connectivity index (χ2v) is 7.20. The summed E-state index contributed by atoms with van der Waals surface area (Å²) in [4.78, 5) is 49.4. The molecule has 28 heavy (non-hydrogen) atoms. The van der Waals surface area contributed by atoms with Gasteiger partial charge < -0.3 is 5.32 Å². The maximum absolute atomic E-state index is 12.5. The molecule has 0 atom stereocenters. The van der Waals surface area contributed by atoms with Crippen LogP contribution in [0.3, 0.4) is 0 Å². The Morgan fingerprint density at radius 1 is 1.00 bits per heavy atom. The number of rotatable bonds is 5. The molecular weight excluding hydrogens is 380 g/mol. The first-order valence-corrected chi connectivity index (χ1v) is 9.40. The maximum atomic E-state index is 12.5. The third kappa shape index (κ3) is 4.15. The lowest BCUT2D eigenvalue weighted by Crippen LogP contribution is -2.28. The van der Waals surface area contributed by atoms with Gasteiger partial charge in [0.2, 0.25) is 11.8 Å². The first kappa shape index (κ1) is 19.4. The number of hydrogen-bond acceptors (Lipinski definition) is 6. The predicted molar refractivity (Wildman–Crippen MR) is 107 cm³/mol. The molecule has 144 valence electrons. The molecule has 8 nitrogen and oxygen atoms in total. The van der Waals surface area contributed by atoms with E-state index in [0.717, 1.165) is 4.90 Å². The monoisotopic (exact) mass is 398 g/mol. The second-order valence-electron chi connectivity index (χ2n) is 6.29. The van der Waals surface area contributed by atoms with E-state index in [1.807, 2.05) is 0 Å². The van der Waals surface area contributed by atoms with Crippen LogP contribution in [0.2, 0.25) is 0 Å². The molecule has 1 saturated heterocycles. The van der Waals surface area contributed by atoms with Crippen molar-refractivity contribution >= 4 is 51.4 Å². The molecule has 0 spiro atoms. The highest BCUT2D eigenvalue weighted by Crippen LogP contribution is 2.25. The molecular formula is C19H18N4O4S. The van der Waals surface area contributed by atoms with Crippen LogP contribution in [0, 0.1) is 0 Å². The Morgan fingerprint density at radius 3 is 2.25 bits per heavy atom. The van der Waals surface area contributed by atoms with Gasteiger partial charge >= 0.3 is 0 Å². The van der Waals surface area contributed by atoms with Crippen molar-refractivity contribution in [2.75, 3.05) is 10.2 Å².